The maximum Gasteiger partial charge on any atom is 0.229 e. The van der Waals surface area contributed by atoms with Gasteiger partial charge in [-0.2, -0.15) is 0 Å². The van der Waals surface area contributed by atoms with Gasteiger partial charge in [0.1, 0.15) is 0 Å². The maximum absolute atomic E-state index is 12.5. The molecule has 2 fully saturated rings. The summed E-state index contributed by atoms with van der Waals surface area (Å²) in [5.41, 5.74) is 3.36. The number of hydrogen-bond donors (Lipinski definition) is 2. The lowest BCUT2D eigenvalue weighted by atomic mass is 10.1. The zero-order chi connectivity index (χ0) is 21.2. The minimum Gasteiger partial charge on any atom is -0.355 e. The topological polar surface area (TPSA) is 71.1 Å². The summed E-state index contributed by atoms with van der Waals surface area (Å²) in [4.78, 5) is 29.4. The van der Waals surface area contributed by atoms with E-state index < -0.39 is 0 Å². The van der Waals surface area contributed by atoms with Gasteiger partial charge in [0, 0.05) is 30.2 Å². The van der Waals surface area contributed by atoms with Gasteiger partial charge in [-0.25, -0.2) is 4.98 Å². The van der Waals surface area contributed by atoms with Crippen LogP contribution in [0.5, 0.6) is 0 Å². The predicted octanol–water partition coefficient (Wildman–Crippen LogP) is 4.35. The van der Waals surface area contributed by atoms with E-state index in [4.69, 9.17) is 0 Å². The first kappa shape index (κ1) is 19.9. The summed E-state index contributed by atoms with van der Waals surface area (Å²) in [5, 5.41) is 8.58. The Morgan fingerprint density at radius 3 is 2.06 bits per heavy atom. The zero-order valence-corrected chi connectivity index (χ0v) is 18.0. The number of aromatic nitrogens is 1. The Hall–Kier alpha value is -2.99. The molecule has 2 saturated carbocycles. The van der Waals surface area contributed by atoms with Crippen molar-refractivity contribution in [1.82, 2.24) is 10.3 Å². The Morgan fingerprint density at radius 2 is 1.45 bits per heavy atom. The molecule has 1 aromatic heterocycles. The largest absolute Gasteiger partial charge is 0.355 e. The zero-order valence-electron chi connectivity index (χ0n) is 17.2. The molecule has 3 aromatic rings. The molecule has 2 aromatic carbocycles. The molecule has 5 rings (SSSR count). The van der Waals surface area contributed by atoms with Gasteiger partial charge in [0.05, 0.1) is 5.69 Å². The number of benzene rings is 2. The fraction of sp³-hybridized carbons (Fsp3) is 0.320. The smallest absolute Gasteiger partial charge is 0.229 e. The van der Waals surface area contributed by atoms with Crippen LogP contribution in [-0.2, 0) is 16.0 Å². The van der Waals surface area contributed by atoms with Gasteiger partial charge in [-0.1, -0.05) is 60.7 Å². The highest BCUT2D eigenvalue weighted by Gasteiger charge is 2.44. The first-order valence-electron chi connectivity index (χ1n) is 10.8. The molecule has 2 N–H and O–H groups in total. The summed E-state index contributed by atoms with van der Waals surface area (Å²) in [6.45, 7) is 0.562. The number of rotatable bonds is 8. The minimum atomic E-state index is 0.0325. The van der Waals surface area contributed by atoms with Crippen LogP contribution in [0.25, 0.3) is 0 Å². The summed E-state index contributed by atoms with van der Waals surface area (Å²) in [7, 11) is 0. The van der Waals surface area contributed by atoms with Crippen molar-refractivity contribution in [3.8, 4) is 0 Å². The highest BCUT2D eigenvalue weighted by molar-refractivity contribution is 7.13. The molecule has 0 aliphatic heterocycles. The number of amides is 2. The number of carbonyl (C=O) groups is 2. The molecule has 0 saturated heterocycles. The third-order valence-electron chi connectivity index (χ3n) is 6.17. The third kappa shape index (κ3) is 4.69. The molecular weight excluding hydrogens is 406 g/mol. The number of nitrogens with zero attached hydrogens (tertiary/aromatic N) is 1. The number of hydrogen-bond acceptors (Lipinski definition) is 4. The SMILES string of the molecule is O=C(NCCc1csc(NC(=O)C2CC2c2ccccc2)n1)C1CC1c1ccccc1. The quantitative estimate of drug-likeness (QED) is 0.557. The van der Waals surface area contributed by atoms with Crippen LogP contribution in [0.1, 0.15) is 41.5 Å². The molecule has 2 amide bonds. The van der Waals surface area contributed by atoms with E-state index in [2.05, 4.69) is 39.9 Å². The van der Waals surface area contributed by atoms with Crippen LogP contribution < -0.4 is 10.6 Å². The summed E-state index contributed by atoms with van der Waals surface area (Å²) in [6, 6.07) is 20.4. The van der Waals surface area contributed by atoms with Crippen LogP contribution in [0, 0.1) is 11.8 Å². The first-order chi connectivity index (χ1) is 15.2. The Bertz CT molecular complexity index is 1070. The lowest BCUT2D eigenvalue weighted by molar-refractivity contribution is -0.122. The van der Waals surface area contributed by atoms with E-state index >= 15 is 0 Å². The lowest BCUT2D eigenvalue weighted by Gasteiger charge is -2.04. The number of thiazole rings is 1. The summed E-state index contributed by atoms with van der Waals surface area (Å²) in [5.74, 6) is 0.957. The van der Waals surface area contributed by atoms with Crippen molar-refractivity contribution in [2.45, 2.75) is 31.1 Å². The van der Waals surface area contributed by atoms with Crippen molar-refractivity contribution in [1.29, 1.82) is 0 Å². The van der Waals surface area contributed by atoms with Crippen molar-refractivity contribution >= 4 is 28.3 Å². The molecule has 0 radical (unpaired) electrons. The van der Waals surface area contributed by atoms with E-state index in [1.807, 2.05) is 41.8 Å². The molecule has 6 heteroatoms. The Balaban J connectivity index is 1.05. The predicted molar refractivity (Wildman–Crippen MR) is 122 cm³/mol. The molecule has 2 aliphatic rings. The van der Waals surface area contributed by atoms with E-state index in [1.54, 1.807) is 0 Å². The van der Waals surface area contributed by atoms with Crippen LogP contribution in [0.3, 0.4) is 0 Å². The first-order valence-corrected chi connectivity index (χ1v) is 11.7. The maximum atomic E-state index is 12.5. The van der Waals surface area contributed by atoms with Gasteiger partial charge in [0.25, 0.3) is 0 Å². The fourth-order valence-electron chi connectivity index (χ4n) is 4.23. The van der Waals surface area contributed by atoms with Crippen LogP contribution in [0.2, 0.25) is 0 Å². The molecule has 0 spiro atoms. The van der Waals surface area contributed by atoms with Crippen molar-refractivity contribution in [2.75, 3.05) is 11.9 Å². The van der Waals surface area contributed by atoms with Crippen molar-refractivity contribution in [2.24, 2.45) is 11.8 Å². The van der Waals surface area contributed by atoms with Crippen molar-refractivity contribution < 1.29 is 9.59 Å². The molecule has 4 atom stereocenters. The van der Waals surface area contributed by atoms with Gasteiger partial charge < -0.3 is 10.6 Å². The number of anilines is 1. The number of nitrogens with one attached hydrogen (secondary N) is 2. The Labute approximate surface area is 185 Å². The molecule has 1 heterocycles. The molecule has 4 unspecified atom stereocenters. The standard InChI is InChI=1S/C25H25N3O2S/c29-23(21-13-19(21)16-7-3-1-4-8-16)26-12-11-18-15-31-25(27-18)28-24(30)22-14-20(22)17-9-5-2-6-10-17/h1-10,15,19-22H,11-14H2,(H,26,29)(H,27,28,30). The minimum absolute atomic E-state index is 0.0325. The second-order valence-corrected chi connectivity index (χ2v) is 9.25. The molecule has 31 heavy (non-hydrogen) atoms. The summed E-state index contributed by atoms with van der Waals surface area (Å²) >= 11 is 1.44. The van der Waals surface area contributed by atoms with Crippen LogP contribution in [-0.4, -0.2) is 23.3 Å². The fourth-order valence-corrected chi connectivity index (χ4v) is 4.98. The normalized spacial score (nSPS) is 23.7. The highest BCUT2D eigenvalue weighted by atomic mass is 32.1. The van der Waals surface area contributed by atoms with Gasteiger partial charge in [0.15, 0.2) is 5.13 Å². The van der Waals surface area contributed by atoms with Gasteiger partial charge in [-0.3, -0.25) is 9.59 Å². The summed E-state index contributed by atoms with van der Waals surface area (Å²) < 4.78 is 0. The average molecular weight is 432 g/mol. The lowest BCUT2D eigenvalue weighted by Crippen LogP contribution is -2.27. The van der Waals surface area contributed by atoms with E-state index in [-0.39, 0.29) is 23.7 Å². The number of carbonyl (C=O) groups excluding carboxylic acids is 2. The van der Waals surface area contributed by atoms with Crippen molar-refractivity contribution in [3.63, 3.8) is 0 Å². The second-order valence-electron chi connectivity index (χ2n) is 8.39. The van der Waals surface area contributed by atoms with Crippen LogP contribution in [0.4, 0.5) is 5.13 Å². The van der Waals surface area contributed by atoms with Crippen molar-refractivity contribution in [3.05, 3.63) is 82.9 Å². The molecule has 158 valence electrons. The van der Waals surface area contributed by atoms with E-state index in [0.29, 0.717) is 29.9 Å². The molecular formula is C25H25N3O2S. The van der Waals surface area contributed by atoms with Crippen LogP contribution in [0.15, 0.2) is 66.0 Å². The van der Waals surface area contributed by atoms with E-state index in [1.165, 1.54) is 22.5 Å². The highest BCUT2D eigenvalue weighted by Crippen LogP contribution is 2.48. The summed E-state index contributed by atoms with van der Waals surface area (Å²) in [6.07, 6.45) is 2.48. The Kier molecular flexibility index (Phi) is 5.55. The second kappa shape index (κ2) is 8.63. The monoisotopic (exact) mass is 431 g/mol. The van der Waals surface area contributed by atoms with E-state index in [0.717, 1.165) is 18.5 Å². The Morgan fingerprint density at radius 1 is 0.871 bits per heavy atom. The van der Waals surface area contributed by atoms with E-state index in [9.17, 15) is 9.59 Å². The third-order valence-corrected chi connectivity index (χ3v) is 6.98. The van der Waals surface area contributed by atoms with Gasteiger partial charge in [0.2, 0.25) is 11.8 Å². The molecule has 5 nitrogen and oxygen atoms in total. The van der Waals surface area contributed by atoms with Gasteiger partial charge >= 0.3 is 0 Å². The molecule has 2 aliphatic carbocycles. The average Bonchev–Trinajstić information content (AvgIpc) is 3.72. The molecule has 0 bridgehead atoms. The van der Waals surface area contributed by atoms with Gasteiger partial charge in [-0.05, 0) is 35.8 Å². The van der Waals surface area contributed by atoms with Crippen LogP contribution >= 0.6 is 11.3 Å². The van der Waals surface area contributed by atoms with Gasteiger partial charge in [-0.15, -0.1) is 11.3 Å².